The summed E-state index contributed by atoms with van der Waals surface area (Å²) in [5.41, 5.74) is 2.24. The highest BCUT2D eigenvalue weighted by Crippen LogP contribution is 2.19. The van der Waals surface area contributed by atoms with Crippen molar-refractivity contribution in [2.75, 3.05) is 12.4 Å². The van der Waals surface area contributed by atoms with Crippen molar-refractivity contribution in [2.24, 2.45) is 0 Å². The molecule has 0 aliphatic carbocycles. The number of rotatable bonds is 5. The van der Waals surface area contributed by atoms with Gasteiger partial charge in [0.1, 0.15) is 5.75 Å². The lowest BCUT2D eigenvalue weighted by molar-refractivity contribution is 0.410. The third-order valence-corrected chi connectivity index (χ3v) is 4.04. The molecule has 4 rings (SSSR count). The van der Waals surface area contributed by atoms with Gasteiger partial charge in [-0.15, -0.1) is 0 Å². The van der Waals surface area contributed by atoms with E-state index in [-0.39, 0.29) is 5.56 Å². The zero-order chi connectivity index (χ0) is 17.9. The third-order valence-electron chi connectivity index (χ3n) is 4.04. The standard InChI is InChI=1S/C19H17N5O2/c1-26-16-10-6-5-9-14(16)12-20-18-22-19-21-15(11-17(25)24(19)23-18)13-7-3-2-4-8-13/h2-11H,12H2,1H3,(H2,20,21,22,23). The van der Waals surface area contributed by atoms with Crippen LogP contribution in [0.5, 0.6) is 5.75 Å². The van der Waals surface area contributed by atoms with E-state index in [4.69, 9.17) is 4.74 Å². The molecule has 0 atom stereocenters. The van der Waals surface area contributed by atoms with Crippen molar-refractivity contribution >= 4 is 11.7 Å². The Kier molecular flexibility index (Phi) is 4.10. The Hall–Kier alpha value is -3.61. The molecule has 0 fully saturated rings. The second kappa shape index (κ2) is 6.72. The second-order valence-electron chi connectivity index (χ2n) is 5.72. The van der Waals surface area contributed by atoms with E-state index >= 15 is 0 Å². The number of aromatic nitrogens is 4. The number of aromatic amines is 1. The maximum atomic E-state index is 12.4. The minimum Gasteiger partial charge on any atom is -0.496 e. The minimum atomic E-state index is -0.216. The molecule has 2 aromatic carbocycles. The van der Waals surface area contributed by atoms with E-state index in [9.17, 15) is 4.79 Å². The fraction of sp³-hybridized carbons (Fsp3) is 0.105. The van der Waals surface area contributed by atoms with Crippen molar-refractivity contribution in [3.05, 3.63) is 76.6 Å². The van der Waals surface area contributed by atoms with Crippen LogP contribution in [-0.2, 0) is 6.54 Å². The highest BCUT2D eigenvalue weighted by atomic mass is 16.5. The Morgan fingerprint density at radius 3 is 2.65 bits per heavy atom. The quantitative estimate of drug-likeness (QED) is 0.580. The summed E-state index contributed by atoms with van der Waals surface area (Å²) in [5, 5.41) is 6.09. The van der Waals surface area contributed by atoms with Crippen LogP contribution in [0.1, 0.15) is 5.56 Å². The van der Waals surface area contributed by atoms with E-state index in [1.165, 1.54) is 10.6 Å². The van der Waals surface area contributed by atoms with Gasteiger partial charge in [0, 0.05) is 23.7 Å². The summed E-state index contributed by atoms with van der Waals surface area (Å²) in [5.74, 6) is 1.57. The predicted molar refractivity (Wildman–Crippen MR) is 99.4 cm³/mol. The van der Waals surface area contributed by atoms with Crippen LogP contribution in [0.15, 0.2) is 65.5 Å². The van der Waals surface area contributed by atoms with Gasteiger partial charge in [-0.2, -0.15) is 9.50 Å². The maximum absolute atomic E-state index is 12.4. The highest BCUT2D eigenvalue weighted by Gasteiger charge is 2.10. The van der Waals surface area contributed by atoms with Crippen molar-refractivity contribution in [1.82, 2.24) is 19.6 Å². The molecule has 0 spiro atoms. The number of ether oxygens (including phenoxy) is 1. The molecule has 2 heterocycles. The van der Waals surface area contributed by atoms with Crippen molar-refractivity contribution in [3.63, 3.8) is 0 Å². The summed E-state index contributed by atoms with van der Waals surface area (Å²) in [6.45, 7) is 0.504. The lowest BCUT2D eigenvalue weighted by Gasteiger charge is -2.08. The number of anilines is 1. The summed E-state index contributed by atoms with van der Waals surface area (Å²) in [6, 6.07) is 18.8. The van der Waals surface area contributed by atoms with Crippen LogP contribution < -0.4 is 15.6 Å². The highest BCUT2D eigenvalue weighted by molar-refractivity contribution is 5.60. The van der Waals surface area contributed by atoms with Crippen molar-refractivity contribution in [3.8, 4) is 17.0 Å². The largest absolute Gasteiger partial charge is 0.496 e. The average molecular weight is 347 g/mol. The molecule has 7 heteroatoms. The van der Waals surface area contributed by atoms with Gasteiger partial charge in [-0.05, 0) is 6.07 Å². The molecule has 26 heavy (non-hydrogen) atoms. The molecule has 0 bridgehead atoms. The summed E-state index contributed by atoms with van der Waals surface area (Å²) in [7, 11) is 1.63. The number of hydrogen-bond acceptors (Lipinski definition) is 5. The SMILES string of the molecule is COc1ccccc1CNc1nc2nc(-c3ccccc3)cc(=O)n2[nH]1. The van der Waals surface area contributed by atoms with Gasteiger partial charge in [0.05, 0.1) is 12.8 Å². The lowest BCUT2D eigenvalue weighted by atomic mass is 10.1. The number of nitrogens with one attached hydrogen (secondary N) is 2. The molecule has 0 radical (unpaired) electrons. The lowest BCUT2D eigenvalue weighted by Crippen LogP contribution is -2.14. The molecule has 0 saturated carbocycles. The Balaban J connectivity index is 1.63. The molecule has 0 unspecified atom stereocenters. The smallest absolute Gasteiger partial charge is 0.274 e. The molecule has 0 saturated heterocycles. The summed E-state index contributed by atoms with van der Waals surface area (Å²) in [6.07, 6.45) is 0. The normalized spacial score (nSPS) is 10.8. The molecule has 0 aliphatic heterocycles. The number of hydrogen-bond donors (Lipinski definition) is 2. The number of methoxy groups -OCH3 is 1. The van der Waals surface area contributed by atoms with Crippen molar-refractivity contribution in [1.29, 1.82) is 0 Å². The molecule has 0 aliphatic rings. The van der Waals surface area contributed by atoms with E-state index in [0.29, 0.717) is 24.0 Å². The molecular weight excluding hydrogens is 330 g/mol. The first kappa shape index (κ1) is 15.9. The molecule has 0 amide bonds. The van der Waals surface area contributed by atoms with Gasteiger partial charge in [-0.25, -0.2) is 4.98 Å². The van der Waals surface area contributed by atoms with Gasteiger partial charge >= 0.3 is 0 Å². The van der Waals surface area contributed by atoms with E-state index in [1.807, 2.05) is 54.6 Å². The molecule has 2 aromatic heterocycles. The number of H-pyrrole nitrogens is 1. The predicted octanol–water partition coefficient (Wildman–Crippen LogP) is 2.71. The first-order valence-electron chi connectivity index (χ1n) is 8.15. The molecular formula is C19H17N5O2. The van der Waals surface area contributed by atoms with Crippen LogP contribution in [-0.4, -0.2) is 26.7 Å². The fourth-order valence-corrected chi connectivity index (χ4v) is 2.74. The Morgan fingerprint density at radius 2 is 1.85 bits per heavy atom. The summed E-state index contributed by atoms with van der Waals surface area (Å²) >= 11 is 0. The Morgan fingerprint density at radius 1 is 1.08 bits per heavy atom. The van der Waals surface area contributed by atoms with Crippen LogP contribution >= 0.6 is 0 Å². The Bertz CT molecular complexity index is 1100. The molecule has 130 valence electrons. The van der Waals surface area contributed by atoms with E-state index in [2.05, 4.69) is 20.4 Å². The second-order valence-corrected chi connectivity index (χ2v) is 5.72. The molecule has 7 nitrogen and oxygen atoms in total. The van der Waals surface area contributed by atoms with Gasteiger partial charge < -0.3 is 10.1 Å². The molecule has 2 N–H and O–H groups in total. The van der Waals surface area contributed by atoms with Crippen LogP contribution in [0, 0.1) is 0 Å². The van der Waals surface area contributed by atoms with Gasteiger partial charge in [-0.1, -0.05) is 48.5 Å². The number of fused-ring (bicyclic) bond motifs is 1. The monoisotopic (exact) mass is 347 g/mol. The van der Waals surface area contributed by atoms with Crippen molar-refractivity contribution in [2.45, 2.75) is 6.54 Å². The van der Waals surface area contributed by atoms with Crippen LogP contribution in [0.25, 0.3) is 17.0 Å². The Labute approximate surface area is 149 Å². The van der Waals surface area contributed by atoms with Gasteiger partial charge in [0.2, 0.25) is 5.95 Å². The average Bonchev–Trinajstić information content (AvgIpc) is 3.11. The van der Waals surface area contributed by atoms with Crippen LogP contribution in [0.2, 0.25) is 0 Å². The van der Waals surface area contributed by atoms with E-state index in [0.717, 1.165) is 16.9 Å². The third kappa shape index (κ3) is 3.02. The minimum absolute atomic E-state index is 0.216. The van der Waals surface area contributed by atoms with Gasteiger partial charge in [0.15, 0.2) is 0 Å². The maximum Gasteiger partial charge on any atom is 0.274 e. The topological polar surface area (TPSA) is 84.3 Å². The number of nitrogens with zero attached hydrogens (tertiary/aromatic N) is 3. The zero-order valence-electron chi connectivity index (χ0n) is 14.1. The van der Waals surface area contributed by atoms with Crippen molar-refractivity contribution < 1.29 is 4.74 Å². The van der Waals surface area contributed by atoms with E-state index < -0.39 is 0 Å². The first-order valence-corrected chi connectivity index (χ1v) is 8.15. The zero-order valence-corrected chi connectivity index (χ0v) is 14.1. The van der Waals surface area contributed by atoms with E-state index in [1.54, 1.807) is 7.11 Å². The first-order chi connectivity index (χ1) is 12.7. The van der Waals surface area contributed by atoms with Crippen LogP contribution in [0.4, 0.5) is 5.95 Å². The number of para-hydroxylation sites is 1. The summed E-state index contributed by atoms with van der Waals surface area (Å²) in [4.78, 5) is 21.2. The van der Waals surface area contributed by atoms with Crippen LogP contribution in [0.3, 0.4) is 0 Å². The van der Waals surface area contributed by atoms with Gasteiger partial charge in [-0.3, -0.25) is 9.89 Å². The molecule has 4 aromatic rings. The number of benzene rings is 2. The summed E-state index contributed by atoms with van der Waals surface area (Å²) < 4.78 is 6.65. The fourth-order valence-electron chi connectivity index (χ4n) is 2.74. The van der Waals surface area contributed by atoms with Gasteiger partial charge in [0.25, 0.3) is 11.3 Å².